The van der Waals surface area contributed by atoms with Gasteiger partial charge in [-0.3, -0.25) is 9.69 Å². The third kappa shape index (κ3) is 5.63. The minimum atomic E-state index is -0.150. The van der Waals surface area contributed by atoms with Gasteiger partial charge in [0.2, 0.25) is 0 Å². The molecule has 6 heteroatoms. The van der Waals surface area contributed by atoms with Crippen molar-refractivity contribution in [2.75, 3.05) is 31.6 Å². The van der Waals surface area contributed by atoms with Crippen molar-refractivity contribution in [2.45, 2.75) is 45.6 Å². The molecule has 0 amide bonds. The summed E-state index contributed by atoms with van der Waals surface area (Å²) in [5, 5.41) is 6.33. The first kappa shape index (κ1) is 16.2. The van der Waals surface area contributed by atoms with Crippen molar-refractivity contribution in [3.8, 4) is 0 Å². The number of aromatic nitrogens is 1. The van der Waals surface area contributed by atoms with Gasteiger partial charge in [-0.15, -0.1) is 11.3 Å². The standard InChI is InChI=1S/C15H25N3O2S/c1-3-18(13-6-7-13)10-9-16-15-17-12(11-21-15)5-8-14(19)20-4-2/h11,13H,3-10H2,1-2H3,(H,16,17). The topological polar surface area (TPSA) is 54.5 Å². The Bertz CT molecular complexity index is 446. The molecule has 1 aromatic heterocycles. The Hall–Kier alpha value is -1.14. The second-order valence-corrected chi connectivity index (χ2v) is 6.09. The average Bonchev–Trinajstić information content (AvgIpc) is 3.21. The number of thiazole rings is 1. The molecule has 0 radical (unpaired) electrons. The number of nitrogens with zero attached hydrogens (tertiary/aromatic N) is 2. The Labute approximate surface area is 130 Å². The SMILES string of the molecule is CCOC(=O)CCc1csc(NCCN(CC)C2CC2)n1. The van der Waals surface area contributed by atoms with E-state index < -0.39 is 0 Å². The van der Waals surface area contributed by atoms with Gasteiger partial charge in [-0.25, -0.2) is 4.98 Å². The number of likely N-dealkylation sites (N-methyl/N-ethyl adjacent to an activating group) is 1. The molecule has 1 aliphatic rings. The second-order valence-electron chi connectivity index (χ2n) is 5.24. The van der Waals surface area contributed by atoms with E-state index in [2.05, 4.69) is 22.1 Å². The number of carbonyl (C=O) groups is 1. The van der Waals surface area contributed by atoms with E-state index in [1.807, 2.05) is 12.3 Å². The van der Waals surface area contributed by atoms with E-state index >= 15 is 0 Å². The number of nitrogens with one attached hydrogen (secondary N) is 1. The van der Waals surface area contributed by atoms with Gasteiger partial charge < -0.3 is 10.1 Å². The smallest absolute Gasteiger partial charge is 0.306 e. The fourth-order valence-corrected chi connectivity index (χ4v) is 3.08. The van der Waals surface area contributed by atoms with Crippen molar-refractivity contribution < 1.29 is 9.53 Å². The first-order valence-electron chi connectivity index (χ1n) is 7.80. The highest BCUT2D eigenvalue weighted by atomic mass is 32.1. The molecule has 0 spiro atoms. The zero-order chi connectivity index (χ0) is 15.1. The summed E-state index contributed by atoms with van der Waals surface area (Å²) in [4.78, 5) is 18.3. The molecule has 21 heavy (non-hydrogen) atoms. The van der Waals surface area contributed by atoms with E-state index in [0.717, 1.165) is 36.5 Å². The highest BCUT2D eigenvalue weighted by Gasteiger charge is 2.27. The van der Waals surface area contributed by atoms with Crippen molar-refractivity contribution in [1.82, 2.24) is 9.88 Å². The minimum absolute atomic E-state index is 0.150. The number of aryl methyl sites for hydroxylation is 1. The van der Waals surface area contributed by atoms with Gasteiger partial charge in [0.1, 0.15) is 0 Å². The first-order valence-corrected chi connectivity index (χ1v) is 8.68. The fraction of sp³-hybridized carbons (Fsp3) is 0.733. The lowest BCUT2D eigenvalue weighted by atomic mass is 10.2. The van der Waals surface area contributed by atoms with Gasteiger partial charge in [0.25, 0.3) is 0 Å². The number of ether oxygens (including phenoxy) is 1. The lowest BCUT2D eigenvalue weighted by Crippen LogP contribution is -2.30. The van der Waals surface area contributed by atoms with Gasteiger partial charge in [-0.2, -0.15) is 0 Å². The molecule has 0 saturated heterocycles. The summed E-state index contributed by atoms with van der Waals surface area (Å²) < 4.78 is 4.92. The van der Waals surface area contributed by atoms with Crippen molar-refractivity contribution in [1.29, 1.82) is 0 Å². The van der Waals surface area contributed by atoms with E-state index in [0.29, 0.717) is 19.4 Å². The van der Waals surface area contributed by atoms with Crippen LogP contribution in [0.3, 0.4) is 0 Å². The van der Waals surface area contributed by atoms with Crippen LogP contribution in [-0.4, -0.2) is 48.1 Å². The van der Waals surface area contributed by atoms with Crippen molar-refractivity contribution in [3.63, 3.8) is 0 Å². The molecular weight excluding hydrogens is 286 g/mol. The van der Waals surface area contributed by atoms with Crippen molar-refractivity contribution >= 4 is 22.4 Å². The van der Waals surface area contributed by atoms with Crippen LogP contribution in [-0.2, 0) is 16.0 Å². The van der Waals surface area contributed by atoms with E-state index in [1.54, 1.807) is 11.3 Å². The second kappa shape index (κ2) is 8.34. The van der Waals surface area contributed by atoms with Crippen LogP contribution < -0.4 is 5.32 Å². The Morgan fingerprint density at radius 2 is 2.33 bits per heavy atom. The Balaban J connectivity index is 1.66. The van der Waals surface area contributed by atoms with Crippen LogP contribution >= 0.6 is 11.3 Å². The van der Waals surface area contributed by atoms with Gasteiger partial charge in [-0.05, 0) is 26.3 Å². The van der Waals surface area contributed by atoms with E-state index in [1.165, 1.54) is 12.8 Å². The lowest BCUT2D eigenvalue weighted by molar-refractivity contribution is -0.143. The predicted octanol–water partition coefficient (Wildman–Crippen LogP) is 2.54. The molecular formula is C15H25N3O2S. The average molecular weight is 311 g/mol. The molecule has 118 valence electrons. The maximum atomic E-state index is 11.3. The number of carbonyl (C=O) groups excluding carboxylic acids is 1. The van der Waals surface area contributed by atoms with Gasteiger partial charge in [0, 0.05) is 30.9 Å². The summed E-state index contributed by atoms with van der Waals surface area (Å²) >= 11 is 1.60. The summed E-state index contributed by atoms with van der Waals surface area (Å²) in [6, 6.07) is 0.813. The van der Waals surface area contributed by atoms with Crippen LogP contribution in [0.1, 0.15) is 38.8 Å². The summed E-state index contributed by atoms with van der Waals surface area (Å²) in [6.07, 6.45) is 3.76. The van der Waals surface area contributed by atoms with Crippen LogP contribution in [0.15, 0.2) is 5.38 Å². The number of esters is 1. The zero-order valence-corrected chi connectivity index (χ0v) is 13.7. The molecule has 0 bridgehead atoms. The van der Waals surface area contributed by atoms with Crippen LogP contribution in [0.2, 0.25) is 0 Å². The molecule has 1 heterocycles. The molecule has 1 fully saturated rings. The number of hydrogen-bond donors (Lipinski definition) is 1. The van der Waals surface area contributed by atoms with E-state index in [4.69, 9.17) is 4.74 Å². The molecule has 0 atom stereocenters. The summed E-state index contributed by atoms with van der Waals surface area (Å²) in [6.45, 7) is 7.60. The van der Waals surface area contributed by atoms with Gasteiger partial charge in [-0.1, -0.05) is 6.92 Å². The molecule has 5 nitrogen and oxygen atoms in total. The Morgan fingerprint density at radius 3 is 3.00 bits per heavy atom. The normalized spacial score (nSPS) is 14.4. The summed E-state index contributed by atoms with van der Waals surface area (Å²) in [7, 11) is 0. The largest absolute Gasteiger partial charge is 0.466 e. The molecule has 1 N–H and O–H groups in total. The molecule has 2 rings (SSSR count). The highest BCUT2D eigenvalue weighted by Crippen LogP contribution is 2.26. The molecule has 1 aromatic rings. The maximum absolute atomic E-state index is 11.3. The lowest BCUT2D eigenvalue weighted by Gasteiger charge is -2.19. The minimum Gasteiger partial charge on any atom is -0.466 e. The molecule has 0 aliphatic heterocycles. The van der Waals surface area contributed by atoms with Crippen LogP contribution in [0.4, 0.5) is 5.13 Å². The highest BCUT2D eigenvalue weighted by molar-refractivity contribution is 7.13. The van der Waals surface area contributed by atoms with Crippen LogP contribution in [0.5, 0.6) is 0 Å². The van der Waals surface area contributed by atoms with Crippen LogP contribution in [0, 0.1) is 0 Å². The van der Waals surface area contributed by atoms with Gasteiger partial charge in [0.15, 0.2) is 5.13 Å². The summed E-state index contributed by atoms with van der Waals surface area (Å²) in [5.41, 5.74) is 0.963. The van der Waals surface area contributed by atoms with E-state index in [-0.39, 0.29) is 5.97 Å². The quantitative estimate of drug-likeness (QED) is 0.673. The Morgan fingerprint density at radius 1 is 1.52 bits per heavy atom. The molecule has 0 unspecified atom stereocenters. The summed E-state index contributed by atoms with van der Waals surface area (Å²) in [5.74, 6) is -0.150. The molecule has 1 saturated carbocycles. The van der Waals surface area contributed by atoms with Crippen molar-refractivity contribution in [2.24, 2.45) is 0 Å². The number of anilines is 1. The monoisotopic (exact) mass is 311 g/mol. The van der Waals surface area contributed by atoms with Crippen molar-refractivity contribution in [3.05, 3.63) is 11.1 Å². The maximum Gasteiger partial charge on any atom is 0.306 e. The molecule has 1 aliphatic carbocycles. The van der Waals surface area contributed by atoms with Gasteiger partial charge in [0.05, 0.1) is 18.7 Å². The van der Waals surface area contributed by atoms with Gasteiger partial charge >= 0.3 is 5.97 Å². The Kier molecular flexibility index (Phi) is 6.45. The van der Waals surface area contributed by atoms with E-state index in [9.17, 15) is 4.79 Å². The third-order valence-corrected chi connectivity index (χ3v) is 4.44. The zero-order valence-electron chi connectivity index (χ0n) is 12.9. The third-order valence-electron chi connectivity index (χ3n) is 3.59. The first-order chi connectivity index (χ1) is 10.2. The molecule has 0 aromatic carbocycles. The predicted molar refractivity (Wildman–Crippen MR) is 85.8 cm³/mol. The van der Waals surface area contributed by atoms with Crippen LogP contribution in [0.25, 0.3) is 0 Å². The number of hydrogen-bond acceptors (Lipinski definition) is 6. The number of rotatable bonds is 10. The fourth-order valence-electron chi connectivity index (χ4n) is 2.31.